The van der Waals surface area contributed by atoms with E-state index in [2.05, 4.69) is 31.0 Å². The molecule has 22 heavy (non-hydrogen) atoms. The summed E-state index contributed by atoms with van der Waals surface area (Å²) in [7, 11) is 0. The van der Waals surface area contributed by atoms with Gasteiger partial charge in [0, 0.05) is 16.5 Å². The number of fused-ring (bicyclic) bond motifs is 3. The van der Waals surface area contributed by atoms with Gasteiger partial charge in [-0.3, -0.25) is 4.79 Å². The minimum absolute atomic E-state index is 0.177. The van der Waals surface area contributed by atoms with Crippen molar-refractivity contribution in [2.45, 2.75) is 27.3 Å². The molecule has 0 aliphatic carbocycles. The second-order valence-electron chi connectivity index (χ2n) is 5.90. The van der Waals surface area contributed by atoms with Crippen LogP contribution in [0.15, 0.2) is 41.2 Å². The van der Waals surface area contributed by atoms with Crippen LogP contribution in [-0.4, -0.2) is 18.1 Å². The van der Waals surface area contributed by atoms with Gasteiger partial charge in [-0.15, -0.1) is 0 Å². The van der Waals surface area contributed by atoms with E-state index < -0.39 is 0 Å². The third kappa shape index (κ3) is 2.42. The van der Waals surface area contributed by atoms with E-state index >= 15 is 0 Å². The van der Waals surface area contributed by atoms with Crippen molar-refractivity contribution in [1.29, 1.82) is 0 Å². The van der Waals surface area contributed by atoms with E-state index in [9.17, 15) is 4.79 Å². The third-order valence-corrected chi connectivity index (χ3v) is 4.64. The van der Waals surface area contributed by atoms with Gasteiger partial charge in [-0.05, 0) is 32.2 Å². The highest BCUT2D eigenvalue weighted by Gasteiger charge is 2.15. The van der Waals surface area contributed by atoms with E-state index in [1.165, 1.54) is 4.90 Å². The Balaban J connectivity index is 2.25. The van der Waals surface area contributed by atoms with Crippen molar-refractivity contribution in [3.63, 3.8) is 0 Å². The quantitative estimate of drug-likeness (QED) is 0.713. The number of benzene rings is 2. The average molecular weight is 295 g/mol. The zero-order valence-corrected chi connectivity index (χ0v) is 13.5. The first kappa shape index (κ1) is 14.8. The fourth-order valence-corrected chi connectivity index (χ4v) is 3.15. The van der Waals surface area contributed by atoms with Gasteiger partial charge in [-0.1, -0.05) is 30.3 Å². The molecule has 0 spiro atoms. The molecular formula is C19H23N2O+. The molecule has 0 atom stereocenters. The Kier molecular flexibility index (Phi) is 3.99. The molecule has 114 valence electrons. The van der Waals surface area contributed by atoms with E-state index in [1.807, 2.05) is 31.2 Å². The van der Waals surface area contributed by atoms with Crippen LogP contribution in [0.1, 0.15) is 25.1 Å². The van der Waals surface area contributed by atoms with Gasteiger partial charge in [-0.2, -0.15) is 0 Å². The van der Waals surface area contributed by atoms with Crippen LogP contribution in [0.25, 0.3) is 21.7 Å². The number of aromatic amines is 1. The summed E-state index contributed by atoms with van der Waals surface area (Å²) in [6.45, 7) is 9.20. The molecule has 3 nitrogen and oxygen atoms in total. The lowest BCUT2D eigenvalue weighted by atomic mass is 10.0. The van der Waals surface area contributed by atoms with Crippen LogP contribution >= 0.6 is 0 Å². The molecule has 0 amide bonds. The third-order valence-electron chi connectivity index (χ3n) is 4.64. The zero-order chi connectivity index (χ0) is 15.7. The SMILES string of the molecule is CC[NH+](CC)Cc1c(C)[nH]c2c(ccc3ccccc32)c1=O. The predicted molar refractivity (Wildman–Crippen MR) is 92.6 cm³/mol. The zero-order valence-electron chi connectivity index (χ0n) is 13.5. The van der Waals surface area contributed by atoms with Crippen molar-refractivity contribution in [2.24, 2.45) is 0 Å². The molecule has 0 saturated carbocycles. The Hall–Kier alpha value is -2.13. The maximum Gasteiger partial charge on any atom is 0.198 e. The molecule has 0 bridgehead atoms. The second-order valence-corrected chi connectivity index (χ2v) is 5.90. The smallest absolute Gasteiger partial charge is 0.198 e. The number of nitrogens with one attached hydrogen (secondary N) is 2. The lowest BCUT2D eigenvalue weighted by Gasteiger charge is -2.17. The first-order valence-electron chi connectivity index (χ1n) is 8.02. The van der Waals surface area contributed by atoms with Crippen molar-refractivity contribution >= 4 is 21.7 Å². The van der Waals surface area contributed by atoms with E-state index in [4.69, 9.17) is 0 Å². The standard InChI is InChI=1S/C19H22N2O/c1-4-21(5-2)12-17-13(3)20-18-15-9-7-6-8-14(15)10-11-16(18)19(17)22/h6-11H,4-5,12H2,1-3H3,(H,20,22)/p+1. The summed E-state index contributed by atoms with van der Waals surface area (Å²) < 4.78 is 0. The molecule has 3 aromatic rings. The lowest BCUT2D eigenvalue weighted by Crippen LogP contribution is -3.10. The summed E-state index contributed by atoms with van der Waals surface area (Å²) in [5.74, 6) is 0. The maximum absolute atomic E-state index is 12.9. The number of pyridine rings is 1. The van der Waals surface area contributed by atoms with Crippen molar-refractivity contribution in [3.8, 4) is 0 Å². The van der Waals surface area contributed by atoms with E-state index in [-0.39, 0.29) is 5.43 Å². The van der Waals surface area contributed by atoms with Gasteiger partial charge in [-0.25, -0.2) is 0 Å². The maximum atomic E-state index is 12.9. The van der Waals surface area contributed by atoms with Crippen LogP contribution in [0.2, 0.25) is 0 Å². The normalized spacial score (nSPS) is 11.6. The molecule has 0 aliphatic heterocycles. The molecule has 0 saturated heterocycles. The van der Waals surface area contributed by atoms with Gasteiger partial charge in [0.25, 0.3) is 0 Å². The van der Waals surface area contributed by atoms with Gasteiger partial charge >= 0.3 is 0 Å². The second kappa shape index (κ2) is 5.93. The van der Waals surface area contributed by atoms with Crippen LogP contribution in [0.3, 0.4) is 0 Å². The van der Waals surface area contributed by atoms with Crippen LogP contribution < -0.4 is 10.3 Å². The molecule has 0 aliphatic rings. The number of aromatic nitrogens is 1. The number of quaternary nitrogens is 1. The molecule has 1 aromatic heterocycles. The summed E-state index contributed by atoms with van der Waals surface area (Å²) in [5, 5.41) is 3.07. The minimum Gasteiger partial charge on any atom is -0.357 e. The largest absolute Gasteiger partial charge is 0.357 e. The lowest BCUT2D eigenvalue weighted by molar-refractivity contribution is -0.910. The summed E-state index contributed by atoms with van der Waals surface area (Å²) in [4.78, 5) is 17.8. The summed E-state index contributed by atoms with van der Waals surface area (Å²) in [6, 6.07) is 12.2. The predicted octanol–water partition coefficient (Wildman–Crippen LogP) is 2.41. The molecule has 3 heteroatoms. The Morgan fingerprint density at radius 2 is 1.73 bits per heavy atom. The van der Waals surface area contributed by atoms with Crippen molar-refractivity contribution < 1.29 is 4.90 Å². The Bertz CT molecular complexity index is 876. The molecule has 0 fully saturated rings. The van der Waals surface area contributed by atoms with Gasteiger partial charge in [0.05, 0.1) is 24.2 Å². The van der Waals surface area contributed by atoms with Crippen LogP contribution in [0, 0.1) is 6.92 Å². The highest BCUT2D eigenvalue weighted by Crippen LogP contribution is 2.22. The molecule has 1 heterocycles. The summed E-state index contributed by atoms with van der Waals surface area (Å²) in [5.41, 5.74) is 3.05. The fourth-order valence-electron chi connectivity index (χ4n) is 3.15. The van der Waals surface area contributed by atoms with E-state index in [1.54, 1.807) is 0 Å². The monoisotopic (exact) mass is 295 g/mol. The summed E-state index contributed by atoms with van der Waals surface area (Å²) in [6.07, 6.45) is 0. The van der Waals surface area contributed by atoms with Crippen LogP contribution in [0.4, 0.5) is 0 Å². The Morgan fingerprint density at radius 1 is 1.00 bits per heavy atom. The number of aryl methyl sites for hydroxylation is 1. The average Bonchev–Trinajstić information content (AvgIpc) is 2.55. The number of H-pyrrole nitrogens is 1. The molecular weight excluding hydrogens is 272 g/mol. The van der Waals surface area contributed by atoms with E-state index in [0.29, 0.717) is 0 Å². The Morgan fingerprint density at radius 3 is 2.45 bits per heavy atom. The first-order chi connectivity index (χ1) is 10.7. The van der Waals surface area contributed by atoms with Crippen LogP contribution in [0.5, 0.6) is 0 Å². The highest BCUT2D eigenvalue weighted by atomic mass is 16.1. The number of hydrogen-bond donors (Lipinski definition) is 2. The minimum atomic E-state index is 0.177. The Labute approximate surface area is 130 Å². The van der Waals surface area contributed by atoms with Crippen molar-refractivity contribution in [1.82, 2.24) is 4.98 Å². The fraction of sp³-hybridized carbons (Fsp3) is 0.316. The number of rotatable bonds is 4. The molecule has 0 radical (unpaired) electrons. The topological polar surface area (TPSA) is 37.3 Å². The van der Waals surface area contributed by atoms with Gasteiger partial charge in [0.15, 0.2) is 5.43 Å². The number of hydrogen-bond acceptors (Lipinski definition) is 1. The first-order valence-corrected chi connectivity index (χ1v) is 8.02. The van der Waals surface area contributed by atoms with E-state index in [0.717, 1.165) is 52.6 Å². The highest BCUT2D eigenvalue weighted by molar-refractivity contribution is 6.05. The van der Waals surface area contributed by atoms with Gasteiger partial charge < -0.3 is 9.88 Å². The van der Waals surface area contributed by atoms with Gasteiger partial charge in [0.1, 0.15) is 6.54 Å². The summed E-state index contributed by atoms with van der Waals surface area (Å²) >= 11 is 0. The van der Waals surface area contributed by atoms with Crippen LogP contribution in [-0.2, 0) is 6.54 Å². The van der Waals surface area contributed by atoms with Gasteiger partial charge in [0.2, 0.25) is 0 Å². The molecule has 0 unspecified atom stereocenters. The molecule has 2 aromatic carbocycles. The molecule has 2 N–H and O–H groups in total. The van der Waals surface area contributed by atoms with Crippen molar-refractivity contribution in [3.05, 3.63) is 57.9 Å². The van der Waals surface area contributed by atoms with Crippen molar-refractivity contribution in [2.75, 3.05) is 13.1 Å². The molecule has 3 rings (SSSR count).